The van der Waals surface area contributed by atoms with E-state index in [0.29, 0.717) is 5.02 Å². The molecule has 2 rings (SSSR count). The number of carbonyl (C=O) groups is 2. The minimum Gasteiger partial charge on any atom is -0.482 e. The maximum absolute atomic E-state index is 13.0. The number of carbonyl (C=O) groups excluding carboxylic acids is 2. The molecule has 1 atom stereocenters. The lowest BCUT2D eigenvalue weighted by Gasteiger charge is -2.14. The summed E-state index contributed by atoms with van der Waals surface area (Å²) in [4.78, 5) is 23.4. The third kappa shape index (κ3) is 6.43. The van der Waals surface area contributed by atoms with Crippen LogP contribution in [-0.4, -0.2) is 25.1 Å². The monoisotopic (exact) mass is 365 g/mol. The third-order valence-electron chi connectivity index (χ3n) is 3.24. The molecule has 7 heteroatoms. The van der Waals surface area contributed by atoms with E-state index in [9.17, 15) is 14.0 Å². The molecule has 132 valence electrons. The summed E-state index contributed by atoms with van der Waals surface area (Å²) in [5.41, 5.74) is 0.835. The summed E-state index contributed by atoms with van der Waals surface area (Å²) in [6.45, 7) is 0.940. The van der Waals surface area contributed by atoms with Crippen molar-refractivity contribution in [1.82, 2.24) is 5.32 Å². The Hall–Kier alpha value is -2.60. The fourth-order valence-electron chi connectivity index (χ4n) is 2.03. The summed E-state index contributed by atoms with van der Waals surface area (Å²) in [6.07, 6.45) is 0. The second-order valence-corrected chi connectivity index (χ2v) is 5.69. The van der Waals surface area contributed by atoms with Gasteiger partial charge in [-0.05, 0) is 36.8 Å². The third-order valence-corrected chi connectivity index (χ3v) is 3.48. The molecule has 0 saturated carbocycles. The summed E-state index contributed by atoms with van der Waals surface area (Å²) in [5, 5.41) is 3.26. The van der Waals surface area contributed by atoms with Crippen LogP contribution in [0.2, 0.25) is 5.02 Å². The molecule has 1 amide bonds. The first-order valence-corrected chi connectivity index (χ1v) is 7.90. The Morgan fingerprint density at radius 2 is 1.92 bits per heavy atom. The van der Waals surface area contributed by atoms with Crippen molar-refractivity contribution in [2.45, 2.75) is 13.0 Å². The number of halogens is 2. The largest absolute Gasteiger partial charge is 0.482 e. The normalized spacial score (nSPS) is 11.5. The molecule has 0 unspecified atom stereocenters. The highest BCUT2D eigenvalue weighted by atomic mass is 35.5. The molecule has 0 saturated heterocycles. The maximum atomic E-state index is 13.0. The van der Waals surface area contributed by atoms with Gasteiger partial charge in [0.15, 0.2) is 13.2 Å². The predicted molar refractivity (Wildman–Crippen MR) is 90.9 cm³/mol. The van der Waals surface area contributed by atoms with Gasteiger partial charge in [0.1, 0.15) is 11.6 Å². The summed E-state index contributed by atoms with van der Waals surface area (Å²) in [6, 6.07) is 12.2. The van der Waals surface area contributed by atoms with Crippen molar-refractivity contribution in [2.75, 3.05) is 13.2 Å². The van der Waals surface area contributed by atoms with Gasteiger partial charge in [-0.2, -0.15) is 0 Å². The van der Waals surface area contributed by atoms with E-state index in [1.54, 1.807) is 25.1 Å². The van der Waals surface area contributed by atoms with E-state index in [1.807, 2.05) is 6.07 Å². The van der Waals surface area contributed by atoms with Crippen LogP contribution in [0.25, 0.3) is 0 Å². The van der Waals surface area contributed by atoms with Gasteiger partial charge < -0.3 is 14.8 Å². The van der Waals surface area contributed by atoms with E-state index in [0.717, 1.165) is 11.6 Å². The first-order chi connectivity index (χ1) is 11.9. The van der Waals surface area contributed by atoms with Crippen molar-refractivity contribution in [1.29, 1.82) is 0 Å². The van der Waals surface area contributed by atoms with Crippen LogP contribution < -0.4 is 10.1 Å². The second kappa shape index (κ2) is 9.03. The molecule has 0 spiro atoms. The summed E-state index contributed by atoms with van der Waals surface area (Å²) >= 11 is 5.90. The van der Waals surface area contributed by atoms with Crippen molar-refractivity contribution in [3.63, 3.8) is 0 Å². The lowest BCUT2D eigenvalue weighted by Crippen LogP contribution is -2.31. The molecule has 2 aromatic rings. The van der Waals surface area contributed by atoms with Gasteiger partial charge in [0.05, 0.1) is 6.04 Å². The molecule has 0 bridgehead atoms. The first kappa shape index (κ1) is 18.7. The van der Waals surface area contributed by atoms with Gasteiger partial charge in [-0.3, -0.25) is 4.79 Å². The van der Waals surface area contributed by atoms with Gasteiger partial charge in [-0.25, -0.2) is 9.18 Å². The van der Waals surface area contributed by atoms with Gasteiger partial charge in [-0.15, -0.1) is 0 Å². The first-order valence-electron chi connectivity index (χ1n) is 7.53. The molecule has 0 fully saturated rings. The molecule has 0 aromatic heterocycles. The summed E-state index contributed by atoms with van der Waals surface area (Å²) in [7, 11) is 0. The predicted octanol–water partition coefficient (Wildman–Crippen LogP) is 3.28. The van der Waals surface area contributed by atoms with Crippen LogP contribution >= 0.6 is 11.6 Å². The average Bonchev–Trinajstić information content (AvgIpc) is 2.58. The van der Waals surface area contributed by atoms with Crippen LogP contribution in [0.5, 0.6) is 5.75 Å². The molecule has 0 aliphatic rings. The number of nitrogens with one attached hydrogen (secondary N) is 1. The number of esters is 1. The molecule has 2 aromatic carbocycles. The standard InChI is InChI=1S/C18H17ClFNO4/c1-12(13-4-2-5-14(19)8-13)21-17(22)10-25-18(23)11-24-16-7-3-6-15(20)9-16/h2-9,12H,10-11H2,1H3,(H,21,22)/t12-/m1/s1. The van der Waals surface area contributed by atoms with E-state index >= 15 is 0 Å². The fourth-order valence-corrected chi connectivity index (χ4v) is 2.23. The van der Waals surface area contributed by atoms with Crippen molar-refractivity contribution in [3.8, 4) is 5.75 Å². The van der Waals surface area contributed by atoms with Crippen molar-refractivity contribution < 1.29 is 23.5 Å². The number of rotatable bonds is 7. The van der Waals surface area contributed by atoms with E-state index < -0.39 is 30.9 Å². The fraction of sp³-hybridized carbons (Fsp3) is 0.222. The molecule has 0 heterocycles. The summed E-state index contributed by atoms with van der Waals surface area (Å²) < 4.78 is 22.9. The van der Waals surface area contributed by atoms with Gasteiger partial charge in [0.2, 0.25) is 0 Å². The van der Waals surface area contributed by atoms with E-state index in [1.165, 1.54) is 18.2 Å². The van der Waals surface area contributed by atoms with E-state index in [2.05, 4.69) is 5.32 Å². The Morgan fingerprint density at radius 1 is 1.16 bits per heavy atom. The lowest BCUT2D eigenvalue weighted by molar-refractivity contribution is -0.150. The minimum atomic E-state index is -0.727. The Labute approximate surface area is 149 Å². The Balaban J connectivity index is 1.73. The van der Waals surface area contributed by atoms with Crippen LogP contribution in [0, 0.1) is 5.82 Å². The minimum absolute atomic E-state index is 0.205. The van der Waals surface area contributed by atoms with Crippen LogP contribution in [0.3, 0.4) is 0 Å². The zero-order valence-corrected chi connectivity index (χ0v) is 14.3. The zero-order chi connectivity index (χ0) is 18.2. The van der Waals surface area contributed by atoms with Gasteiger partial charge in [0.25, 0.3) is 5.91 Å². The van der Waals surface area contributed by atoms with Crippen molar-refractivity contribution >= 4 is 23.5 Å². The number of ether oxygens (including phenoxy) is 2. The second-order valence-electron chi connectivity index (χ2n) is 5.25. The number of hydrogen-bond acceptors (Lipinski definition) is 4. The van der Waals surface area contributed by atoms with Crippen LogP contribution in [0.4, 0.5) is 4.39 Å². The molecule has 5 nitrogen and oxygen atoms in total. The van der Waals surface area contributed by atoms with Crippen LogP contribution in [0.15, 0.2) is 48.5 Å². The maximum Gasteiger partial charge on any atom is 0.344 e. The Morgan fingerprint density at radius 3 is 2.64 bits per heavy atom. The van der Waals surface area contributed by atoms with Crippen LogP contribution in [0.1, 0.15) is 18.5 Å². The highest BCUT2D eigenvalue weighted by molar-refractivity contribution is 6.30. The zero-order valence-electron chi connectivity index (χ0n) is 13.5. The smallest absolute Gasteiger partial charge is 0.344 e. The highest BCUT2D eigenvalue weighted by Gasteiger charge is 2.12. The molecule has 1 N–H and O–H groups in total. The van der Waals surface area contributed by atoms with Crippen molar-refractivity contribution in [2.24, 2.45) is 0 Å². The van der Waals surface area contributed by atoms with E-state index in [-0.39, 0.29) is 11.8 Å². The van der Waals surface area contributed by atoms with Gasteiger partial charge in [-0.1, -0.05) is 29.8 Å². The van der Waals surface area contributed by atoms with Crippen molar-refractivity contribution in [3.05, 3.63) is 64.9 Å². The molecule has 25 heavy (non-hydrogen) atoms. The van der Waals surface area contributed by atoms with Gasteiger partial charge >= 0.3 is 5.97 Å². The Kier molecular flexibility index (Phi) is 6.77. The number of amides is 1. The lowest BCUT2D eigenvalue weighted by atomic mass is 10.1. The number of benzene rings is 2. The molecular weight excluding hydrogens is 349 g/mol. The summed E-state index contributed by atoms with van der Waals surface area (Å²) in [5.74, 6) is -1.45. The number of hydrogen-bond donors (Lipinski definition) is 1. The highest BCUT2D eigenvalue weighted by Crippen LogP contribution is 2.17. The topological polar surface area (TPSA) is 64.6 Å². The van der Waals surface area contributed by atoms with E-state index in [4.69, 9.17) is 21.1 Å². The van der Waals surface area contributed by atoms with Crippen LogP contribution in [-0.2, 0) is 14.3 Å². The van der Waals surface area contributed by atoms with Gasteiger partial charge in [0, 0.05) is 11.1 Å². The molecule has 0 aliphatic heterocycles. The molecule has 0 radical (unpaired) electrons. The Bertz CT molecular complexity index is 753. The molecular formula is C18H17ClFNO4. The average molecular weight is 366 g/mol. The molecule has 0 aliphatic carbocycles. The SMILES string of the molecule is C[C@@H](NC(=O)COC(=O)COc1cccc(F)c1)c1cccc(Cl)c1. The quantitative estimate of drug-likeness (QED) is 0.765.